The zero-order valence-corrected chi connectivity index (χ0v) is 14.5. The maximum absolute atomic E-state index is 13.3. The molecule has 1 aliphatic heterocycles. The maximum atomic E-state index is 13.3. The third-order valence-electron chi connectivity index (χ3n) is 4.46. The van der Waals surface area contributed by atoms with Crippen molar-refractivity contribution in [2.75, 3.05) is 13.2 Å². The van der Waals surface area contributed by atoms with Crippen LogP contribution in [0.15, 0.2) is 47.4 Å². The Balaban J connectivity index is 1.47. The van der Waals surface area contributed by atoms with E-state index in [9.17, 15) is 17.6 Å². The number of hydrogen-bond acceptors (Lipinski definition) is 5. The van der Waals surface area contributed by atoms with Gasteiger partial charge in [0.2, 0.25) is 5.91 Å². The molecule has 2 aromatic carbocycles. The molecule has 2 aromatic rings. The SMILES string of the molecule is O=C(NS(=O)(=O)c1ccc2c(c1)OCCO2)[C@H]1C[C@H]1c1cccc(F)c1. The molecule has 1 fully saturated rings. The van der Waals surface area contributed by atoms with Crippen LogP contribution in [-0.2, 0) is 14.8 Å². The second-order valence-electron chi connectivity index (χ2n) is 6.28. The van der Waals surface area contributed by atoms with Crippen LogP contribution in [-0.4, -0.2) is 27.5 Å². The predicted octanol–water partition coefficient (Wildman–Crippen LogP) is 2.21. The molecule has 4 rings (SSSR count). The van der Waals surface area contributed by atoms with Gasteiger partial charge in [-0.3, -0.25) is 4.79 Å². The maximum Gasteiger partial charge on any atom is 0.264 e. The highest BCUT2D eigenvalue weighted by Gasteiger charge is 2.45. The molecule has 6 nitrogen and oxygen atoms in total. The van der Waals surface area contributed by atoms with Crippen LogP contribution in [0, 0.1) is 11.7 Å². The van der Waals surface area contributed by atoms with E-state index in [2.05, 4.69) is 4.72 Å². The normalized spacial score (nSPS) is 21.1. The second kappa shape index (κ2) is 6.28. The lowest BCUT2D eigenvalue weighted by molar-refractivity contribution is -0.120. The van der Waals surface area contributed by atoms with Gasteiger partial charge in [0.25, 0.3) is 10.0 Å². The first kappa shape index (κ1) is 16.8. The van der Waals surface area contributed by atoms with Crippen LogP contribution >= 0.6 is 0 Å². The van der Waals surface area contributed by atoms with E-state index in [0.29, 0.717) is 36.7 Å². The van der Waals surface area contributed by atoms with Crippen molar-refractivity contribution in [3.05, 3.63) is 53.8 Å². The lowest BCUT2D eigenvalue weighted by Gasteiger charge is -2.18. The number of hydrogen-bond donors (Lipinski definition) is 1. The van der Waals surface area contributed by atoms with Gasteiger partial charge >= 0.3 is 0 Å². The van der Waals surface area contributed by atoms with Crippen molar-refractivity contribution in [1.29, 1.82) is 0 Å². The number of amides is 1. The van der Waals surface area contributed by atoms with E-state index in [1.165, 1.54) is 30.3 Å². The van der Waals surface area contributed by atoms with Crippen LogP contribution in [0.3, 0.4) is 0 Å². The van der Waals surface area contributed by atoms with Gasteiger partial charge in [0.15, 0.2) is 11.5 Å². The number of benzene rings is 2. The Hall–Kier alpha value is -2.61. The molecule has 0 bridgehead atoms. The highest BCUT2D eigenvalue weighted by molar-refractivity contribution is 7.90. The quantitative estimate of drug-likeness (QED) is 0.883. The predicted molar refractivity (Wildman–Crippen MR) is 90.0 cm³/mol. The molecule has 0 radical (unpaired) electrons. The number of halogens is 1. The van der Waals surface area contributed by atoms with Crippen LogP contribution in [0.5, 0.6) is 11.5 Å². The Morgan fingerprint density at radius 3 is 2.62 bits per heavy atom. The van der Waals surface area contributed by atoms with Gasteiger partial charge in [-0.25, -0.2) is 17.5 Å². The minimum absolute atomic E-state index is 0.0712. The molecular weight excluding hydrogens is 361 g/mol. The van der Waals surface area contributed by atoms with E-state index < -0.39 is 21.8 Å². The summed E-state index contributed by atoms with van der Waals surface area (Å²) in [6.07, 6.45) is 0.492. The second-order valence-corrected chi connectivity index (χ2v) is 7.96. The fourth-order valence-corrected chi connectivity index (χ4v) is 4.09. The molecule has 8 heteroatoms. The Morgan fingerprint density at radius 2 is 1.85 bits per heavy atom. The van der Waals surface area contributed by atoms with E-state index >= 15 is 0 Å². The first-order chi connectivity index (χ1) is 12.4. The van der Waals surface area contributed by atoms with E-state index in [1.54, 1.807) is 12.1 Å². The molecule has 2 aliphatic rings. The molecule has 0 unspecified atom stereocenters. The Morgan fingerprint density at radius 1 is 1.08 bits per heavy atom. The summed E-state index contributed by atoms with van der Waals surface area (Å²) in [5.74, 6) is -0.818. The summed E-state index contributed by atoms with van der Waals surface area (Å²) < 4.78 is 51.1. The van der Waals surface area contributed by atoms with Crippen LogP contribution in [0.1, 0.15) is 17.9 Å². The molecule has 0 aromatic heterocycles. The van der Waals surface area contributed by atoms with Gasteiger partial charge in [0, 0.05) is 12.0 Å². The van der Waals surface area contributed by atoms with E-state index in [-0.39, 0.29) is 16.6 Å². The van der Waals surface area contributed by atoms with E-state index in [1.807, 2.05) is 0 Å². The van der Waals surface area contributed by atoms with Crippen molar-refractivity contribution in [2.24, 2.45) is 5.92 Å². The summed E-state index contributed by atoms with van der Waals surface area (Å²) >= 11 is 0. The molecule has 1 heterocycles. The highest BCUT2D eigenvalue weighted by Crippen LogP contribution is 2.47. The molecule has 136 valence electrons. The lowest BCUT2D eigenvalue weighted by atomic mass is 10.1. The molecule has 0 saturated heterocycles. The first-order valence-electron chi connectivity index (χ1n) is 8.16. The van der Waals surface area contributed by atoms with Gasteiger partial charge in [0.05, 0.1) is 4.90 Å². The largest absolute Gasteiger partial charge is 0.486 e. The van der Waals surface area contributed by atoms with Gasteiger partial charge in [-0.15, -0.1) is 0 Å². The molecular formula is C18H16FNO5S. The zero-order valence-electron chi connectivity index (χ0n) is 13.6. The monoisotopic (exact) mass is 377 g/mol. The molecule has 1 saturated carbocycles. The van der Waals surface area contributed by atoms with Crippen molar-refractivity contribution < 1.29 is 27.1 Å². The summed E-state index contributed by atoms with van der Waals surface area (Å²) in [5.41, 5.74) is 0.696. The average molecular weight is 377 g/mol. The third kappa shape index (κ3) is 3.24. The Bertz CT molecular complexity index is 975. The van der Waals surface area contributed by atoms with Crippen LogP contribution in [0.2, 0.25) is 0 Å². The molecule has 2 atom stereocenters. The molecule has 0 spiro atoms. The highest BCUT2D eigenvalue weighted by atomic mass is 32.2. The van der Waals surface area contributed by atoms with Gasteiger partial charge < -0.3 is 9.47 Å². The van der Waals surface area contributed by atoms with Gasteiger partial charge in [-0.2, -0.15) is 0 Å². The summed E-state index contributed by atoms with van der Waals surface area (Å²) in [5, 5.41) is 0. The van der Waals surface area contributed by atoms with Crippen LogP contribution in [0.4, 0.5) is 4.39 Å². The van der Waals surface area contributed by atoms with Crippen LogP contribution in [0.25, 0.3) is 0 Å². The Kier molecular flexibility index (Phi) is 4.07. The number of carbonyl (C=O) groups excluding carboxylic acids is 1. The van der Waals surface area contributed by atoms with Crippen molar-refractivity contribution >= 4 is 15.9 Å². The number of sulfonamides is 1. The van der Waals surface area contributed by atoms with Crippen molar-refractivity contribution in [1.82, 2.24) is 4.72 Å². The third-order valence-corrected chi connectivity index (χ3v) is 5.81. The number of ether oxygens (including phenoxy) is 2. The summed E-state index contributed by atoms with van der Waals surface area (Å²) in [6, 6.07) is 10.2. The smallest absolute Gasteiger partial charge is 0.264 e. The number of fused-ring (bicyclic) bond motifs is 1. The van der Waals surface area contributed by atoms with Crippen molar-refractivity contribution in [3.8, 4) is 11.5 Å². The minimum Gasteiger partial charge on any atom is -0.486 e. The minimum atomic E-state index is -4.02. The fraction of sp³-hybridized carbons (Fsp3) is 0.278. The summed E-state index contributed by atoms with van der Waals surface area (Å²) in [7, 11) is -4.02. The zero-order chi connectivity index (χ0) is 18.3. The first-order valence-corrected chi connectivity index (χ1v) is 9.64. The van der Waals surface area contributed by atoms with Gasteiger partial charge in [-0.1, -0.05) is 12.1 Å². The van der Waals surface area contributed by atoms with E-state index in [4.69, 9.17) is 9.47 Å². The summed E-state index contributed by atoms with van der Waals surface area (Å²) in [4.78, 5) is 12.2. The number of nitrogens with one attached hydrogen (secondary N) is 1. The summed E-state index contributed by atoms with van der Waals surface area (Å²) in [6.45, 7) is 0.735. The number of carbonyl (C=O) groups is 1. The Labute approximate surface area is 150 Å². The number of rotatable bonds is 4. The van der Waals surface area contributed by atoms with Crippen LogP contribution < -0.4 is 14.2 Å². The van der Waals surface area contributed by atoms with E-state index in [0.717, 1.165) is 0 Å². The van der Waals surface area contributed by atoms with Gasteiger partial charge in [-0.05, 0) is 42.2 Å². The fourth-order valence-electron chi connectivity index (χ4n) is 3.05. The van der Waals surface area contributed by atoms with Crippen molar-refractivity contribution in [3.63, 3.8) is 0 Å². The molecule has 26 heavy (non-hydrogen) atoms. The average Bonchev–Trinajstić information content (AvgIpc) is 3.42. The molecule has 1 amide bonds. The standard InChI is InChI=1S/C18H16FNO5S/c19-12-3-1-2-11(8-12)14-10-15(14)18(21)20-26(22,23)13-4-5-16-17(9-13)25-7-6-24-16/h1-5,8-9,14-15H,6-7,10H2,(H,20,21)/t14-,15-/m0/s1. The topological polar surface area (TPSA) is 81.7 Å². The van der Waals surface area contributed by atoms with Crippen molar-refractivity contribution in [2.45, 2.75) is 17.2 Å². The lowest BCUT2D eigenvalue weighted by Crippen LogP contribution is -2.32. The molecule has 1 N–H and O–H groups in total. The molecule has 1 aliphatic carbocycles. The van der Waals surface area contributed by atoms with Gasteiger partial charge in [0.1, 0.15) is 19.0 Å².